The van der Waals surface area contributed by atoms with E-state index in [0.29, 0.717) is 6.42 Å². The third-order valence-electron chi connectivity index (χ3n) is 3.37. The summed E-state index contributed by atoms with van der Waals surface area (Å²) in [7, 11) is 0. The minimum absolute atomic E-state index is 0.0544. The SMILES string of the molecule is O=C(CCSc1ccccc1)Nc1ccc2ccccc2c1. The average molecular weight is 307 g/mol. The molecule has 3 heteroatoms. The third kappa shape index (κ3) is 3.89. The Labute approximate surface area is 134 Å². The Morgan fingerprint density at radius 2 is 1.59 bits per heavy atom. The fraction of sp³-hybridized carbons (Fsp3) is 0.105. The van der Waals surface area contributed by atoms with E-state index < -0.39 is 0 Å². The van der Waals surface area contributed by atoms with Crippen LogP contribution in [0.3, 0.4) is 0 Å². The van der Waals surface area contributed by atoms with E-state index in [4.69, 9.17) is 0 Å². The molecule has 1 amide bonds. The van der Waals surface area contributed by atoms with Crippen molar-refractivity contribution in [1.82, 2.24) is 0 Å². The van der Waals surface area contributed by atoms with Crippen molar-refractivity contribution in [2.24, 2.45) is 0 Å². The lowest BCUT2D eigenvalue weighted by Gasteiger charge is -2.06. The first kappa shape index (κ1) is 14.7. The molecule has 0 atom stereocenters. The molecular weight excluding hydrogens is 290 g/mol. The fourth-order valence-corrected chi connectivity index (χ4v) is 3.14. The van der Waals surface area contributed by atoms with Crippen molar-refractivity contribution < 1.29 is 4.79 Å². The molecule has 0 unspecified atom stereocenters. The fourth-order valence-electron chi connectivity index (χ4n) is 2.27. The Hall–Kier alpha value is -2.26. The van der Waals surface area contributed by atoms with Crippen LogP contribution in [0.5, 0.6) is 0 Å². The van der Waals surface area contributed by atoms with Gasteiger partial charge in [0.15, 0.2) is 0 Å². The number of fused-ring (bicyclic) bond motifs is 1. The number of carbonyl (C=O) groups excluding carboxylic acids is 1. The molecule has 3 aromatic carbocycles. The minimum Gasteiger partial charge on any atom is -0.326 e. The Morgan fingerprint density at radius 1 is 0.864 bits per heavy atom. The van der Waals surface area contributed by atoms with Crippen LogP contribution in [-0.4, -0.2) is 11.7 Å². The van der Waals surface area contributed by atoms with E-state index in [1.165, 1.54) is 10.3 Å². The highest BCUT2D eigenvalue weighted by Gasteiger charge is 2.03. The molecule has 3 rings (SSSR count). The molecule has 0 aliphatic heterocycles. The van der Waals surface area contributed by atoms with Crippen LogP contribution in [0.15, 0.2) is 77.7 Å². The molecule has 0 heterocycles. The van der Waals surface area contributed by atoms with Crippen molar-refractivity contribution in [2.45, 2.75) is 11.3 Å². The van der Waals surface area contributed by atoms with Gasteiger partial charge in [-0.2, -0.15) is 0 Å². The van der Waals surface area contributed by atoms with E-state index >= 15 is 0 Å². The molecule has 0 aromatic heterocycles. The molecule has 2 nitrogen and oxygen atoms in total. The monoisotopic (exact) mass is 307 g/mol. The summed E-state index contributed by atoms with van der Waals surface area (Å²) >= 11 is 1.70. The zero-order valence-corrected chi connectivity index (χ0v) is 13.0. The Morgan fingerprint density at radius 3 is 2.41 bits per heavy atom. The maximum Gasteiger partial charge on any atom is 0.225 e. The number of thioether (sulfide) groups is 1. The van der Waals surface area contributed by atoms with Gasteiger partial charge >= 0.3 is 0 Å². The summed E-state index contributed by atoms with van der Waals surface area (Å²) in [6, 6.07) is 24.3. The lowest BCUT2D eigenvalue weighted by Crippen LogP contribution is -2.12. The summed E-state index contributed by atoms with van der Waals surface area (Å²) in [5.74, 6) is 0.836. The van der Waals surface area contributed by atoms with Gasteiger partial charge in [-0.25, -0.2) is 0 Å². The van der Waals surface area contributed by atoms with Crippen molar-refractivity contribution in [2.75, 3.05) is 11.1 Å². The standard InChI is InChI=1S/C19H17NOS/c21-19(12-13-22-18-8-2-1-3-9-18)20-17-11-10-15-6-4-5-7-16(15)14-17/h1-11,14H,12-13H2,(H,20,21). The number of hydrogen-bond donors (Lipinski definition) is 1. The molecule has 22 heavy (non-hydrogen) atoms. The molecule has 110 valence electrons. The minimum atomic E-state index is 0.0544. The van der Waals surface area contributed by atoms with E-state index in [-0.39, 0.29) is 5.91 Å². The predicted molar refractivity (Wildman–Crippen MR) is 94.4 cm³/mol. The first-order chi connectivity index (χ1) is 10.8. The third-order valence-corrected chi connectivity index (χ3v) is 4.39. The van der Waals surface area contributed by atoms with Crippen molar-refractivity contribution in [3.05, 3.63) is 72.8 Å². The second-order valence-corrected chi connectivity index (χ2v) is 6.19. The van der Waals surface area contributed by atoms with Crippen LogP contribution in [0, 0.1) is 0 Å². The molecule has 0 aliphatic rings. The largest absolute Gasteiger partial charge is 0.326 e. The first-order valence-electron chi connectivity index (χ1n) is 7.28. The van der Waals surface area contributed by atoms with Gasteiger partial charge in [-0.3, -0.25) is 4.79 Å². The van der Waals surface area contributed by atoms with Crippen molar-refractivity contribution in [1.29, 1.82) is 0 Å². The molecule has 1 N–H and O–H groups in total. The highest BCUT2D eigenvalue weighted by atomic mass is 32.2. The van der Waals surface area contributed by atoms with Crippen LogP contribution < -0.4 is 5.32 Å². The van der Waals surface area contributed by atoms with Gasteiger partial charge in [-0.1, -0.05) is 48.5 Å². The molecule has 0 aliphatic carbocycles. The topological polar surface area (TPSA) is 29.1 Å². The average Bonchev–Trinajstić information content (AvgIpc) is 2.56. The van der Waals surface area contributed by atoms with Gasteiger partial charge in [-0.15, -0.1) is 11.8 Å². The van der Waals surface area contributed by atoms with E-state index in [0.717, 1.165) is 16.8 Å². The Kier molecular flexibility index (Phi) is 4.76. The number of benzene rings is 3. The zero-order chi connectivity index (χ0) is 15.2. The van der Waals surface area contributed by atoms with Gasteiger partial charge in [0.2, 0.25) is 5.91 Å². The van der Waals surface area contributed by atoms with Gasteiger partial charge in [0.1, 0.15) is 0 Å². The maximum atomic E-state index is 12.0. The van der Waals surface area contributed by atoms with Gasteiger partial charge in [0.05, 0.1) is 0 Å². The van der Waals surface area contributed by atoms with Crippen molar-refractivity contribution >= 4 is 34.1 Å². The lowest BCUT2D eigenvalue weighted by atomic mass is 10.1. The first-order valence-corrected chi connectivity index (χ1v) is 8.26. The molecule has 0 spiro atoms. The van der Waals surface area contributed by atoms with Crippen LogP contribution >= 0.6 is 11.8 Å². The van der Waals surface area contributed by atoms with Crippen LogP contribution in [0.25, 0.3) is 10.8 Å². The summed E-state index contributed by atoms with van der Waals surface area (Å²) < 4.78 is 0. The summed E-state index contributed by atoms with van der Waals surface area (Å²) in [5, 5.41) is 5.29. The maximum absolute atomic E-state index is 12.0. The van der Waals surface area contributed by atoms with Crippen LogP contribution in [0.1, 0.15) is 6.42 Å². The Balaban J connectivity index is 1.54. The Bertz CT molecular complexity index is 771. The number of nitrogens with one attached hydrogen (secondary N) is 1. The van der Waals surface area contributed by atoms with Gasteiger partial charge in [0, 0.05) is 22.8 Å². The molecule has 0 bridgehead atoms. The van der Waals surface area contributed by atoms with Crippen LogP contribution in [-0.2, 0) is 4.79 Å². The van der Waals surface area contributed by atoms with Crippen LogP contribution in [0.2, 0.25) is 0 Å². The number of hydrogen-bond acceptors (Lipinski definition) is 2. The van der Waals surface area contributed by atoms with Crippen molar-refractivity contribution in [3.8, 4) is 0 Å². The predicted octanol–water partition coefficient (Wildman–Crippen LogP) is 4.96. The van der Waals surface area contributed by atoms with Gasteiger partial charge < -0.3 is 5.32 Å². The number of anilines is 1. The van der Waals surface area contributed by atoms with E-state index in [2.05, 4.69) is 29.6 Å². The second kappa shape index (κ2) is 7.14. The van der Waals surface area contributed by atoms with E-state index in [1.807, 2.05) is 48.5 Å². The highest BCUT2D eigenvalue weighted by molar-refractivity contribution is 7.99. The summed E-state index contributed by atoms with van der Waals surface area (Å²) in [6.45, 7) is 0. The smallest absolute Gasteiger partial charge is 0.225 e. The van der Waals surface area contributed by atoms with E-state index in [1.54, 1.807) is 11.8 Å². The summed E-state index contributed by atoms with van der Waals surface area (Å²) in [6.07, 6.45) is 0.506. The number of rotatable bonds is 5. The quantitative estimate of drug-likeness (QED) is 0.675. The van der Waals surface area contributed by atoms with Crippen LogP contribution in [0.4, 0.5) is 5.69 Å². The lowest BCUT2D eigenvalue weighted by molar-refractivity contribution is -0.115. The van der Waals surface area contributed by atoms with Gasteiger partial charge in [-0.05, 0) is 35.0 Å². The zero-order valence-electron chi connectivity index (χ0n) is 12.2. The van der Waals surface area contributed by atoms with Gasteiger partial charge in [0.25, 0.3) is 0 Å². The molecule has 0 saturated carbocycles. The highest BCUT2D eigenvalue weighted by Crippen LogP contribution is 2.20. The molecule has 0 radical (unpaired) electrons. The summed E-state index contributed by atoms with van der Waals surface area (Å²) in [4.78, 5) is 13.2. The van der Waals surface area contributed by atoms with E-state index in [9.17, 15) is 4.79 Å². The second-order valence-electron chi connectivity index (χ2n) is 5.02. The molecular formula is C19H17NOS. The molecule has 0 fully saturated rings. The molecule has 3 aromatic rings. The normalized spacial score (nSPS) is 10.5. The molecule has 0 saturated heterocycles. The number of amides is 1. The van der Waals surface area contributed by atoms with Crippen molar-refractivity contribution in [3.63, 3.8) is 0 Å². The summed E-state index contributed by atoms with van der Waals surface area (Å²) in [5.41, 5.74) is 0.855. The number of carbonyl (C=O) groups is 1.